The number of aromatic nitrogens is 2. The summed E-state index contributed by atoms with van der Waals surface area (Å²) in [5.41, 5.74) is 6.74. The van der Waals surface area contributed by atoms with Gasteiger partial charge < -0.3 is 4.98 Å². The number of aromatic amines is 1. The van der Waals surface area contributed by atoms with Gasteiger partial charge in [0.25, 0.3) is 0 Å². The highest BCUT2D eigenvalue weighted by Crippen LogP contribution is 2.38. The Morgan fingerprint density at radius 1 is 1.33 bits per heavy atom. The molecule has 0 radical (unpaired) electrons. The number of hydrazine groups is 1. The average Bonchev–Trinajstić information content (AvgIpc) is 2.83. The Bertz CT molecular complexity index is 326. The van der Waals surface area contributed by atoms with Crippen molar-refractivity contribution in [2.24, 2.45) is 5.92 Å². The first-order chi connectivity index (χ1) is 7.34. The smallest absolute Gasteiger partial charge is 0.124 e. The van der Waals surface area contributed by atoms with Crippen LogP contribution in [0.25, 0.3) is 0 Å². The maximum Gasteiger partial charge on any atom is 0.124 e. The Labute approximate surface area is 97.3 Å². The van der Waals surface area contributed by atoms with Crippen LogP contribution in [-0.2, 0) is 0 Å². The second kappa shape index (κ2) is 3.88. The van der Waals surface area contributed by atoms with Gasteiger partial charge in [-0.3, -0.25) is 5.43 Å². The van der Waals surface area contributed by atoms with Crippen LogP contribution in [0.4, 0.5) is 0 Å². The summed E-state index contributed by atoms with van der Waals surface area (Å²) in [7, 11) is 0. The molecule has 1 saturated heterocycles. The number of hydrogen-bond donors (Lipinski definition) is 3. The first-order valence-corrected chi connectivity index (χ1v) is 6.40. The predicted octanol–water partition coefficient (Wildman–Crippen LogP) is 1.49. The highest BCUT2D eigenvalue weighted by molar-refractivity contribution is 9.09. The minimum atomic E-state index is 0.338. The molecular weight excluding hydrogens is 256 g/mol. The van der Waals surface area contributed by atoms with Gasteiger partial charge in [0.2, 0.25) is 0 Å². The van der Waals surface area contributed by atoms with E-state index in [1.165, 1.54) is 19.3 Å². The number of hydrogen-bond acceptors (Lipinski definition) is 3. The van der Waals surface area contributed by atoms with Crippen LogP contribution < -0.4 is 10.9 Å². The van der Waals surface area contributed by atoms with Crippen molar-refractivity contribution >= 4 is 15.9 Å². The van der Waals surface area contributed by atoms with E-state index in [1.54, 1.807) is 0 Å². The van der Waals surface area contributed by atoms with Gasteiger partial charge in [-0.05, 0) is 19.3 Å². The van der Waals surface area contributed by atoms with Crippen molar-refractivity contribution in [3.63, 3.8) is 0 Å². The van der Waals surface area contributed by atoms with Crippen LogP contribution >= 0.6 is 15.9 Å². The number of fused-ring (bicyclic) bond motifs is 1. The predicted molar refractivity (Wildman–Crippen MR) is 61.4 cm³/mol. The molecule has 3 rings (SSSR count). The highest BCUT2D eigenvalue weighted by atomic mass is 79.9. The first kappa shape index (κ1) is 9.81. The van der Waals surface area contributed by atoms with Crippen LogP contribution in [0, 0.1) is 5.92 Å². The van der Waals surface area contributed by atoms with Crippen LogP contribution in [0.3, 0.4) is 0 Å². The zero-order chi connectivity index (χ0) is 10.3. The Kier molecular flexibility index (Phi) is 2.54. The van der Waals surface area contributed by atoms with E-state index >= 15 is 0 Å². The lowest BCUT2D eigenvalue weighted by atomic mass is 9.81. The summed E-state index contributed by atoms with van der Waals surface area (Å²) in [5.74, 6) is 1.70. The molecular formula is C10H15BrN4. The van der Waals surface area contributed by atoms with Crippen molar-refractivity contribution in [3.05, 3.63) is 18.2 Å². The molecule has 5 heteroatoms. The van der Waals surface area contributed by atoms with Crippen LogP contribution in [0.2, 0.25) is 0 Å². The van der Waals surface area contributed by atoms with E-state index in [9.17, 15) is 0 Å². The number of halogens is 1. The fourth-order valence-corrected chi connectivity index (χ4v) is 3.42. The summed E-state index contributed by atoms with van der Waals surface area (Å²) in [6.07, 6.45) is 7.43. The molecule has 4 unspecified atom stereocenters. The van der Waals surface area contributed by atoms with Crippen molar-refractivity contribution in [3.8, 4) is 0 Å². The lowest BCUT2D eigenvalue weighted by Gasteiger charge is -2.29. The van der Waals surface area contributed by atoms with Crippen molar-refractivity contribution in [2.75, 3.05) is 0 Å². The summed E-state index contributed by atoms with van der Waals surface area (Å²) < 4.78 is 0. The van der Waals surface area contributed by atoms with Crippen molar-refractivity contribution < 1.29 is 0 Å². The van der Waals surface area contributed by atoms with Gasteiger partial charge in [0.1, 0.15) is 5.82 Å². The molecule has 4 nitrogen and oxygen atoms in total. The zero-order valence-corrected chi connectivity index (χ0v) is 10.00. The third-order valence-electron chi connectivity index (χ3n) is 3.50. The van der Waals surface area contributed by atoms with E-state index in [4.69, 9.17) is 0 Å². The maximum atomic E-state index is 4.34. The Morgan fingerprint density at radius 2 is 2.27 bits per heavy atom. The third kappa shape index (κ3) is 1.73. The van der Waals surface area contributed by atoms with E-state index in [2.05, 4.69) is 36.7 Å². The maximum absolute atomic E-state index is 4.34. The molecule has 0 aromatic carbocycles. The summed E-state index contributed by atoms with van der Waals surface area (Å²) in [6, 6.07) is 0.944. The van der Waals surface area contributed by atoms with Crippen molar-refractivity contribution in [1.29, 1.82) is 0 Å². The molecule has 1 aromatic heterocycles. The van der Waals surface area contributed by atoms with E-state index in [1.807, 2.05) is 12.4 Å². The fraction of sp³-hybridized carbons (Fsp3) is 0.700. The topological polar surface area (TPSA) is 52.7 Å². The molecule has 1 aliphatic carbocycles. The molecule has 1 aromatic rings. The van der Waals surface area contributed by atoms with Gasteiger partial charge in [-0.1, -0.05) is 15.9 Å². The van der Waals surface area contributed by atoms with Crippen molar-refractivity contribution in [1.82, 2.24) is 20.8 Å². The van der Waals surface area contributed by atoms with Gasteiger partial charge in [0, 0.05) is 29.2 Å². The molecule has 0 amide bonds. The standard InChI is InChI=1S/C10H15BrN4/c11-6-1-2-8-7(5-6)9(15-14-8)10-12-3-4-13-10/h3-4,6-9,14-15H,1-2,5H2,(H,12,13). The summed E-state index contributed by atoms with van der Waals surface area (Å²) >= 11 is 3.73. The largest absolute Gasteiger partial charge is 0.347 e. The average molecular weight is 271 g/mol. The molecule has 15 heavy (non-hydrogen) atoms. The van der Waals surface area contributed by atoms with Crippen molar-refractivity contribution in [2.45, 2.75) is 36.2 Å². The van der Waals surface area contributed by atoms with Crippen LogP contribution in [-0.4, -0.2) is 20.8 Å². The highest BCUT2D eigenvalue weighted by Gasteiger charge is 2.41. The van der Waals surface area contributed by atoms with Gasteiger partial charge in [-0.2, -0.15) is 0 Å². The van der Waals surface area contributed by atoms with Gasteiger partial charge >= 0.3 is 0 Å². The lowest BCUT2D eigenvalue weighted by Crippen LogP contribution is -2.35. The summed E-state index contributed by atoms with van der Waals surface area (Å²) in [6.45, 7) is 0. The Balaban J connectivity index is 1.81. The number of nitrogens with one attached hydrogen (secondary N) is 3. The molecule has 2 heterocycles. The summed E-state index contributed by atoms with van der Waals surface area (Å²) in [5, 5.41) is 0. The number of rotatable bonds is 1. The molecule has 3 N–H and O–H groups in total. The minimum Gasteiger partial charge on any atom is -0.347 e. The van der Waals surface area contributed by atoms with E-state index in [-0.39, 0.29) is 0 Å². The minimum absolute atomic E-state index is 0.338. The lowest BCUT2D eigenvalue weighted by molar-refractivity contribution is 0.312. The normalized spacial score (nSPS) is 40.3. The Morgan fingerprint density at radius 3 is 3.07 bits per heavy atom. The SMILES string of the molecule is BrC1CCC2NNC(c3ncc[nH]3)C2C1. The molecule has 82 valence electrons. The van der Waals surface area contributed by atoms with Crippen LogP contribution in [0.1, 0.15) is 31.1 Å². The van der Waals surface area contributed by atoms with Gasteiger partial charge in [-0.25, -0.2) is 10.4 Å². The van der Waals surface area contributed by atoms with Gasteiger partial charge in [0.05, 0.1) is 6.04 Å². The second-order valence-corrected chi connectivity index (χ2v) is 5.72. The molecule has 4 atom stereocenters. The number of H-pyrrole nitrogens is 1. The molecule has 1 aliphatic heterocycles. The number of nitrogens with zero attached hydrogens (tertiary/aromatic N) is 1. The quantitative estimate of drug-likeness (QED) is 0.678. The fourth-order valence-electron chi connectivity index (χ4n) is 2.72. The van der Waals surface area contributed by atoms with E-state index < -0.39 is 0 Å². The van der Waals surface area contributed by atoms with Crippen LogP contribution in [0.5, 0.6) is 0 Å². The first-order valence-electron chi connectivity index (χ1n) is 5.49. The van der Waals surface area contributed by atoms with Gasteiger partial charge in [-0.15, -0.1) is 0 Å². The molecule has 0 bridgehead atoms. The monoisotopic (exact) mass is 270 g/mol. The molecule has 0 spiro atoms. The molecule has 2 fully saturated rings. The Hall–Kier alpha value is -0.390. The third-order valence-corrected chi connectivity index (χ3v) is 4.33. The number of imidazole rings is 1. The second-order valence-electron chi connectivity index (χ2n) is 4.42. The van der Waals surface area contributed by atoms with Gasteiger partial charge in [0.15, 0.2) is 0 Å². The van der Waals surface area contributed by atoms with E-state index in [0.29, 0.717) is 22.8 Å². The van der Waals surface area contributed by atoms with E-state index in [0.717, 1.165) is 5.82 Å². The number of alkyl halides is 1. The molecule has 1 saturated carbocycles. The summed E-state index contributed by atoms with van der Waals surface area (Å²) in [4.78, 5) is 8.20. The molecule has 2 aliphatic rings. The zero-order valence-electron chi connectivity index (χ0n) is 8.41. The van der Waals surface area contributed by atoms with Crippen LogP contribution in [0.15, 0.2) is 12.4 Å².